The van der Waals surface area contributed by atoms with E-state index in [0.29, 0.717) is 17.2 Å². The predicted octanol–water partition coefficient (Wildman–Crippen LogP) is 3.71. The fraction of sp³-hybridized carbons (Fsp3) is 0.278. The molecule has 0 aliphatic rings. The van der Waals surface area contributed by atoms with Crippen LogP contribution in [0, 0.1) is 0 Å². The van der Waals surface area contributed by atoms with Crippen LogP contribution in [-0.4, -0.2) is 40.5 Å². The van der Waals surface area contributed by atoms with Crippen molar-refractivity contribution >= 4 is 21.9 Å². The number of rotatable bonds is 8. The number of benzene rings is 2. The molecule has 25 heavy (non-hydrogen) atoms. The first-order valence-corrected chi connectivity index (χ1v) is 8.24. The third kappa shape index (κ3) is 4.79. The molecule has 0 saturated carbocycles. The molecule has 0 atom stereocenters. The number of ether oxygens (including phenoxy) is 5. The highest BCUT2D eigenvalue weighted by molar-refractivity contribution is 9.10. The fourth-order valence-electron chi connectivity index (χ4n) is 2.16. The van der Waals surface area contributed by atoms with E-state index in [9.17, 15) is 4.79 Å². The topological polar surface area (TPSA) is 63.2 Å². The molecule has 2 rings (SSSR count). The monoisotopic (exact) mass is 410 g/mol. The highest BCUT2D eigenvalue weighted by atomic mass is 79.9. The maximum atomic E-state index is 12.3. The van der Waals surface area contributed by atoms with Gasteiger partial charge in [-0.15, -0.1) is 0 Å². The standard InChI is InChI=1S/C18H19BrO6/c1-21-15-9-8-14(16(22-2)17(15)23-3)18(20)25-11-10-24-13-6-4-12(19)5-7-13/h4-9H,10-11H2,1-3H3. The van der Waals surface area contributed by atoms with Crippen LogP contribution in [0.2, 0.25) is 0 Å². The van der Waals surface area contributed by atoms with Gasteiger partial charge in [0.1, 0.15) is 24.5 Å². The summed E-state index contributed by atoms with van der Waals surface area (Å²) in [5, 5.41) is 0. The lowest BCUT2D eigenvalue weighted by atomic mass is 10.1. The minimum Gasteiger partial charge on any atom is -0.493 e. The minimum absolute atomic E-state index is 0.104. The summed E-state index contributed by atoms with van der Waals surface area (Å²) >= 11 is 3.35. The molecular formula is C18H19BrO6. The van der Waals surface area contributed by atoms with Crippen molar-refractivity contribution in [1.29, 1.82) is 0 Å². The van der Waals surface area contributed by atoms with Gasteiger partial charge in [-0.25, -0.2) is 4.79 Å². The molecular weight excluding hydrogens is 392 g/mol. The first kappa shape index (κ1) is 18.9. The number of methoxy groups -OCH3 is 3. The summed E-state index contributed by atoms with van der Waals surface area (Å²) in [6, 6.07) is 10.6. The molecule has 2 aromatic carbocycles. The zero-order valence-electron chi connectivity index (χ0n) is 14.2. The lowest BCUT2D eigenvalue weighted by Crippen LogP contribution is -2.13. The van der Waals surface area contributed by atoms with Crippen molar-refractivity contribution in [2.45, 2.75) is 0 Å². The molecule has 0 saturated heterocycles. The van der Waals surface area contributed by atoms with Crippen LogP contribution in [0.15, 0.2) is 40.9 Å². The molecule has 0 aliphatic carbocycles. The molecule has 0 fully saturated rings. The number of carbonyl (C=O) groups is 1. The van der Waals surface area contributed by atoms with Crippen LogP contribution in [0.4, 0.5) is 0 Å². The molecule has 0 amide bonds. The van der Waals surface area contributed by atoms with Crippen LogP contribution in [0.5, 0.6) is 23.0 Å². The molecule has 7 heteroatoms. The van der Waals surface area contributed by atoms with Crippen LogP contribution in [0.1, 0.15) is 10.4 Å². The third-order valence-corrected chi connectivity index (χ3v) is 3.85. The average molecular weight is 411 g/mol. The summed E-state index contributed by atoms with van der Waals surface area (Å²) in [7, 11) is 4.43. The van der Waals surface area contributed by atoms with E-state index < -0.39 is 5.97 Å². The zero-order valence-corrected chi connectivity index (χ0v) is 15.8. The first-order chi connectivity index (χ1) is 12.1. The largest absolute Gasteiger partial charge is 0.493 e. The van der Waals surface area contributed by atoms with Crippen molar-refractivity contribution in [1.82, 2.24) is 0 Å². The van der Waals surface area contributed by atoms with Crippen LogP contribution in [0.3, 0.4) is 0 Å². The van der Waals surface area contributed by atoms with Gasteiger partial charge in [0.05, 0.1) is 21.3 Å². The Morgan fingerprint density at radius 1 is 0.880 bits per heavy atom. The summed E-state index contributed by atoms with van der Waals surface area (Å²) in [5.74, 6) is 1.24. The maximum absolute atomic E-state index is 12.3. The van der Waals surface area contributed by atoms with Crippen molar-refractivity contribution < 1.29 is 28.5 Å². The molecule has 2 aromatic rings. The number of hydrogen-bond donors (Lipinski definition) is 0. The van der Waals surface area contributed by atoms with Crippen molar-refractivity contribution in [3.05, 3.63) is 46.4 Å². The minimum atomic E-state index is -0.530. The van der Waals surface area contributed by atoms with E-state index in [2.05, 4.69) is 15.9 Å². The van der Waals surface area contributed by atoms with E-state index >= 15 is 0 Å². The van der Waals surface area contributed by atoms with E-state index in [0.717, 1.165) is 4.47 Å². The highest BCUT2D eigenvalue weighted by Gasteiger charge is 2.21. The van der Waals surface area contributed by atoms with Gasteiger partial charge in [0.2, 0.25) is 5.75 Å². The van der Waals surface area contributed by atoms with Gasteiger partial charge in [0, 0.05) is 4.47 Å². The molecule has 0 heterocycles. The number of esters is 1. The molecule has 0 spiro atoms. The maximum Gasteiger partial charge on any atom is 0.342 e. The normalized spacial score (nSPS) is 10.1. The van der Waals surface area contributed by atoms with Crippen molar-refractivity contribution in [3.63, 3.8) is 0 Å². The van der Waals surface area contributed by atoms with Gasteiger partial charge < -0.3 is 23.7 Å². The summed E-state index contributed by atoms with van der Waals surface area (Å²) in [6.07, 6.45) is 0. The summed E-state index contributed by atoms with van der Waals surface area (Å²) in [4.78, 5) is 12.3. The molecule has 0 radical (unpaired) electrons. The molecule has 0 aromatic heterocycles. The first-order valence-electron chi connectivity index (χ1n) is 7.45. The number of carbonyl (C=O) groups excluding carboxylic acids is 1. The smallest absolute Gasteiger partial charge is 0.342 e. The quantitative estimate of drug-likeness (QED) is 0.488. The van der Waals surface area contributed by atoms with Crippen molar-refractivity contribution in [3.8, 4) is 23.0 Å². The SMILES string of the molecule is COc1ccc(C(=O)OCCOc2ccc(Br)cc2)c(OC)c1OC. The van der Waals surface area contributed by atoms with E-state index in [1.165, 1.54) is 21.3 Å². The molecule has 134 valence electrons. The zero-order chi connectivity index (χ0) is 18.2. The lowest BCUT2D eigenvalue weighted by Gasteiger charge is -2.15. The van der Waals surface area contributed by atoms with Gasteiger partial charge in [-0.2, -0.15) is 0 Å². The summed E-state index contributed by atoms with van der Waals surface area (Å²) < 4.78 is 27.4. The summed E-state index contributed by atoms with van der Waals surface area (Å²) in [6.45, 7) is 0.343. The van der Waals surface area contributed by atoms with E-state index in [1.807, 2.05) is 24.3 Å². The summed E-state index contributed by atoms with van der Waals surface area (Å²) in [5.41, 5.74) is 0.254. The van der Waals surface area contributed by atoms with Gasteiger partial charge in [0.15, 0.2) is 11.5 Å². The second-order valence-corrected chi connectivity index (χ2v) is 5.74. The molecule has 0 unspecified atom stereocenters. The van der Waals surface area contributed by atoms with Crippen LogP contribution in [-0.2, 0) is 4.74 Å². The predicted molar refractivity (Wildman–Crippen MR) is 96.0 cm³/mol. The van der Waals surface area contributed by atoms with Crippen LogP contribution in [0.25, 0.3) is 0 Å². The van der Waals surface area contributed by atoms with Crippen molar-refractivity contribution in [2.24, 2.45) is 0 Å². The number of halogens is 1. The Bertz CT molecular complexity index is 714. The lowest BCUT2D eigenvalue weighted by molar-refractivity contribution is 0.0446. The van der Waals surface area contributed by atoms with Gasteiger partial charge >= 0.3 is 5.97 Å². The fourth-order valence-corrected chi connectivity index (χ4v) is 2.43. The van der Waals surface area contributed by atoms with E-state index in [4.69, 9.17) is 23.7 Å². The van der Waals surface area contributed by atoms with Crippen LogP contribution < -0.4 is 18.9 Å². The molecule has 0 N–H and O–H groups in total. The Morgan fingerprint density at radius 2 is 1.56 bits per heavy atom. The van der Waals surface area contributed by atoms with Gasteiger partial charge in [-0.3, -0.25) is 0 Å². The molecule has 0 bridgehead atoms. The molecule has 6 nitrogen and oxygen atoms in total. The Labute approximate surface area is 154 Å². The van der Waals surface area contributed by atoms with Gasteiger partial charge in [-0.1, -0.05) is 15.9 Å². The van der Waals surface area contributed by atoms with Crippen LogP contribution >= 0.6 is 15.9 Å². The Balaban J connectivity index is 1.97. The van der Waals surface area contributed by atoms with Gasteiger partial charge in [0.25, 0.3) is 0 Å². The van der Waals surface area contributed by atoms with Gasteiger partial charge in [-0.05, 0) is 36.4 Å². The average Bonchev–Trinajstić information content (AvgIpc) is 2.64. The highest BCUT2D eigenvalue weighted by Crippen LogP contribution is 2.39. The Morgan fingerprint density at radius 3 is 2.16 bits per heavy atom. The second kappa shape index (κ2) is 9.17. The van der Waals surface area contributed by atoms with E-state index in [-0.39, 0.29) is 24.5 Å². The van der Waals surface area contributed by atoms with Crippen molar-refractivity contribution in [2.75, 3.05) is 34.5 Å². The Hall–Kier alpha value is -2.41. The number of hydrogen-bond acceptors (Lipinski definition) is 6. The van der Waals surface area contributed by atoms with E-state index in [1.54, 1.807) is 12.1 Å². The molecule has 0 aliphatic heterocycles. The third-order valence-electron chi connectivity index (χ3n) is 3.32. The second-order valence-electron chi connectivity index (χ2n) is 4.82. The Kier molecular flexibility index (Phi) is 6.94.